The average Bonchev–Trinajstić information content (AvgIpc) is 1.65. The van der Waals surface area contributed by atoms with Crippen LogP contribution in [0.3, 0.4) is 0 Å². The van der Waals surface area contributed by atoms with Crippen molar-refractivity contribution in [2.45, 2.75) is 26.3 Å². The minimum Gasteiger partial charge on any atom is -0.318 e. The Hall–Kier alpha value is -0.190. The lowest BCUT2D eigenvalue weighted by molar-refractivity contribution is 0.554. The van der Waals surface area contributed by atoms with Gasteiger partial charge in [-0.3, -0.25) is 0 Å². The molecule has 0 bridgehead atoms. The van der Waals surface area contributed by atoms with E-state index in [2.05, 4.69) is 19.8 Å². The van der Waals surface area contributed by atoms with Gasteiger partial charge in [-0.1, -0.05) is 19.8 Å². The van der Waals surface area contributed by atoms with Crippen LogP contribution in [-0.2, 0) is 0 Å². The Bertz CT molecular complexity index is 93.6. The quantitative estimate of drug-likeness (QED) is 0.588. The smallest absolute Gasteiger partial charge is 0.0664 e. The molecule has 0 aromatic rings. The van der Waals surface area contributed by atoms with Gasteiger partial charge < -0.3 is 5.73 Å². The SMILES string of the molecule is C#CC(N)CC(C)C.Cl. The molecule has 0 radical (unpaired) electrons. The predicted octanol–water partition coefficient (Wildman–Crippen LogP) is 1.41. The van der Waals surface area contributed by atoms with Crippen molar-refractivity contribution in [1.29, 1.82) is 0 Å². The number of rotatable bonds is 2. The third-order valence-electron chi connectivity index (χ3n) is 0.939. The van der Waals surface area contributed by atoms with Gasteiger partial charge in [0.1, 0.15) is 0 Å². The molecule has 0 aliphatic carbocycles. The third-order valence-corrected chi connectivity index (χ3v) is 0.939. The summed E-state index contributed by atoms with van der Waals surface area (Å²) in [7, 11) is 0. The Morgan fingerprint density at radius 3 is 2.11 bits per heavy atom. The van der Waals surface area contributed by atoms with E-state index in [1.165, 1.54) is 0 Å². The van der Waals surface area contributed by atoms with Crippen LogP contribution in [0.15, 0.2) is 0 Å². The lowest BCUT2D eigenvalue weighted by atomic mass is 10.1. The maximum absolute atomic E-state index is 5.44. The molecular formula is C7H14ClN. The molecule has 1 nitrogen and oxygen atoms in total. The molecule has 9 heavy (non-hydrogen) atoms. The van der Waals surface area contributed by atoms with Gasteiger partial charge in [-0.2, -0.15) is 0 Å². The zero-order valence-electron chi connectivity index (χ0n) is 5.92. The van der Waals surface area contributed by atoms with E-state index in [-0.39, 0.29) is 18.4 Å². The van der Waals surface area contributed by atoms with E-state index in [0.717, 1.165) is 6.42 Å². The van der Waals surface area contributed by atoms with E-state index in [1.54, 1.807) is 0 Å². The molecule has 0 aromatic carbocycles. The van der Waals surface area contributed by atoms with Gasteiger partial charge >= 0.3 is 0 Å². The largest absolute Gasteiger partial charge is 0.318 e. The van der Waals surface area contributed by atoms with Gasteiger partial charge in [0.15, 0.2) is 0 Å². The molecule has 2 N–H and O–H groups in total. The van der Waals surface area contributed by atoms with Crippen LogP contribution in [0.4, 0.5) is 0 Å². The molecular weight excluding hydrogens is 134 g/mol. The topological polar surface area (TPSA) is 26.0 Å². The molecule has 0 amide bonds. The van der Waals surface area contributed by atoms with Gasteiger partial charge in [0.2, 0.25) is 0 Å². The lowest BCUT2D eigenvalue weighted by Gasteiger charge is -2.05. The Labute approximate surface area is 63.4 Å². The molecule has 1 atom stereocenters. The summed E-state index contributed by atoms with van der Waals surface area (Å²) in [4.78, 5) is 0. The molecule has 0 saturated carbocycles. The van der Waals surface area contributed by atoms with Crippen LogP contribution in [0.1, 0.15) is 20.3 Å². The third kappa shape index (κ3) is 7.81. The number of nitrogens with two attached hydrogens (primary N) is 1. The van der Waals surface area contributed by atoms with Crippen LogP contribution in [-0.4, -0.2) is 6.04 Å². The van der Waals surface area contributed by atoms with Crippen molar-refractivity contribution < 1.29 is 0 Å². The van der Waals surface area contributed by atoms with Crippen molar-refractivity contribution in [3.05, 3.63) is 0 Å². The molecule has 0 spiro atoms. The van der Waals surface area contributed by atoms with E-state index in [0.29, 0.717) is 5.92 Å². The number of halogens is 1. The summed E-state index contributed by atoms with van der Waals surface area (Å²) in [6.07, 6.45) is 5.97. The van der Waals surface area contributed by atoms with Gasteiger partial charge in [-0.25, -0.2) is 0 Å². The molecule has 2 heteroatoms. The van der Waals surface area contributed by atoms with Crippen LogP contribution in [0.5, 0.6) is 0 Å². The Morgan fingerprint density at radius 1 is 1.56 bits per heavy atom. The first-order valence-corrected chi connectivity index (χ1v) is 2.88. The van der Waals surface area contributed by atoms with Crippen molar-refractivity contribution in [3.63, 3.8) is 0 Å². The fourth-order valence-electron chi connectivity index (χ4n) is 0.576. The van der Waals surface area contributed by atoms with E-state index in [4.69, 9.17) is 12.2 Å². The van der Waals surface area contributed by atoms with Crippen molar-refractivity contribution in [2.75, 3.05) is 0 Å². The molecule has 0 aliphatic heterocycles. The van der Waals surface area contributed by atoms with Gasteiger partial charge in [0.05, 0.1) is 6.04 Å². The van der Waals surface area contributed by atoms with Crippen molar-refractivity contribution in [1.82, 2.24) is 0 Å². The number of terminal acetylenes is 1. The number of hydrogen-bond acceptors (Lipinski definition) is 1. The highest BCUT2D eigenvalue weighted by Crippen LogP contribution is 2.00. The Morgan fingerprint density at radius 2 is 2.00 bits per heavy atom. The van der Waals surface area contributed by atoms with E-state index < -0.39 is 0 Å². The van der Waals surface area contributed by atoms with E-state index in [9.17, 15) is 0 Å². The van der Waals surface area contributed by atoms with Crippen molar-refractivity contribution in [3.8, 4) is 12.3 Å². The summed E-state index contributed by atoms with van der Waals surface area (Å²) >= 11 is 0. The predicted molar refractivity (Wildman–Crippen MR) is 43.5 cm³/mol. The normalized spacial score (nSPS) is 11.9. The van der Waals surface area contributed by atoms with Crippen LogP contribution in [0.25, 0.3) is 0 Å². The highest BCUT2D eigenvalue weighted by molar-refractivity contribution is 5.85. The molecule has 54 valence electrons. The summed E-state index contributed by atoms with van der Waals surface area (Å²) in [5.41, 5.74) is 5.44. The summed E-state index contributed by atoms with van der Waals surface area (Å²) in [6.45, 7) is 4.22. The maximum Gasteiger partial charge on any atom is 0.0664 e. The van der Waals surface area contributed by atoms with Crippen molar-refractivity contribution >= 4 is 12.4 Å². The molecule has 0 heterocycles. The second-order valence-electron chi connectivity index (χ2n) is 2.40. The fourth-order valence-corrected chi connectivity index (χ4v) is 0.576. The summed E-state index contributed by atoms with van der Waals surface area (Å²) in [6, 6.07) is -0.0463. The second kappa shape index (κ2) is 5.94. The summed E-state index contributed by atoms with van der Waals surface area (Å²) in [5, 5.41) is 0. The molecule has 1 unspecified atom stereocenters. The molecule has 0 aliphatic rings. The first kappa shape index (κ1) is 11.6. The van der Waals surface area contributed by atoms with Gasteiger partial charge in [0, 0.05) is 0 Å². The molecule has 0 rings (SSSR count). The van der Waals surface area contributed by atoms with Crippen molar-refractivity contribution in [2.24, 2.45) is 11.7 Å². The Kier molecular flexibility index (Phi) is 7.65. The van der Waals surface area contributed by atoms with Gasteiger partial charge in [0.25, 0.3) is 0 Å². The zero-order chi connectivity index (χ0) is 6.57. The standard InChI is InChI=1S/C7H13N.ClH/c1-4-7(8)5-6(2)3;/h1,6-7H,5,8H2,2-3H3;1H. The number of hydrogen-bond donors (Lipinski definition) is 1. The monoisotopic (exact) mass is 147 g/mol. The highest BCUT2D eigenvalue weighted by Gasteiger charge is 1.98. The van der Waals surface area contributed by atoms with Crippen LogP contribution in [0.2, 0.25) is 0 Å². The maximum atomic E-state index is 5.44. The lowest BCUT2D eigenvalue weighted by Crippen LogP contribution is -2.19. The van der Waals surface area contributed by atoms with E-state index >= 15 is 0 Å². The van der Waals surface area contributed by atoms with Gasteiger partial charge in [-0.15, -0.1) is 18.8 Å². The fraction of sp³-hybridized carbons (Fsp3) is 0.714. The zero-order valence-corrected chi connectivity index (χ0v) is 6.74. The van der Waals surface area contributed by atoms with Crippen LogP contribution >= 0.6 is 12.4 Å². The minimum absolute atomic E-state index is 0. The Balaban J connectivity index is 0. The molecule has 0 aromatic heterocycles. The van der Waals surface area contributed by atoms with Crippen LogP contribution < -0.4 is 5.73 Å². The second-order valence-corrected chi connectivity index (χ2v) is 2.40. The summed E-state index contributed by atoms with van der Waals surface area (Å²) < 4.78 is 0. The van der Waals surface area contributed by atoms with Gasteiger partial charge in [-0.05, 0) is 12.3 Å². The average molecular weight is 148 g/mol. The van der Waals surface area contributed by atoms with Crippen LogP contribution in [0, 0.1) is 18.3 Å². The minimum atomic E-state index is -0.0463. The first-order valence-electron chi connectivity index (χ1n) is 2.88. The van der Waals surface area contributed by atoms with E-state index in [1.807, 2.05) is 0 Å². The molecule has 0 saturated heterocycles. The molecule has 0 fully saturated rings. The highest BCUT2D eigenvalue weighted by atomic mass is 35.5. The first-order chi connectivity index (χ1) is 3.66. The summed E-state index contributed by atoms with van der Waals surface area (Å²) in [5.74, 6) is 3.09.